The third-order valence-corrected chi connectivity index (χ3v) is 4.93. The van der Waals surface area contributed by atoms with Crippen LogP contribution in [0.5, 0.6) is 0 Å². The van der Waals surface area contributed by atoms with E-state index in [-0.39, 0.29) is 0 Å². The van der Waals surface area contributed by atoms with Crippen molar-refractivity contribution in [1.82, 2.24) is 4.90 Å². The first kappa shape index (κ1) is 12.6. The zero-order valence-corrected chi connectivity index (χ0v) is 11.9. The Morgan fingerprint density at radius 1 is 1.56 bits per heavy atom. The van der Waals surface area contributed by atoms with E-state index in [4.69, 9.17) is 0 Å². The fourth-order valence-electron chi connectivity index (χ4n) is 2.29. The Morgan fingerprint density at radius 2 is 2.38 bits per heavy atom. The van der Waals surface area contributed by atoms with Crippen molar-refractivity contribution in [2.75, 3.05) is 13.2 Å². The van der Waals surface area contributed by atoms with E-state index in [1.165, 1.54) is 22.2 Å². The van der Waals surface area contributed by atoms with Crippen molar-refractivity contribution >= 4 is 27.3 Å². The van der Waals surface area contributed by atoms with Crippen LogP contribution in [-0.4, -0.2) is 29.2 Å². The topological polar surface area (TPSA) is 23.5 Å². The molecule has 2 atom stereocenters. The van der Waals surface area contributed by atoms with E-state index in [2.05, 4.69) is 39.2 Å². The van der Waals surface area contributed by atoms with Crippen molar-refractivity contribution in [1.29, 1.82) is 0 Å². The zero-order valence-electron chi connectivity index (χ0n) is 9.53. The molecule has 0 aromatic carbocycles. The Morgan fingerprint density at radius 3 is 3.00 bits per heavy atom. The summed E-state index contributed by atoms with van der Waals surface area (Å²) < 4.78 is 1.20. The molecular weight excluding hydrogens is 286 g/mol. The summed E-state index contributed by atoms with van der Waals surface area (Å²) in [6.07, 6.45) is 2.37. The van der Waals surface area contributed by atoms with Crippen molar-refractivity contribution in [3.63, 3.8) is 0 Å². The van der Waals surface area contributed by atoms with Gasteiger partial charge in [-0.15, -0.1) is 11.3 Å². The monoisotopic (exact) mass is 303 g/mol. The molecule has 1 fully saturated rings. The number of rotatable bonds is 3. The van der Waals surface area contributed by atoms with Crippen LogP contribution in [0.1, 0.15) is 25.3 Å². The Labute approximate surface area is 109 Å². The van der Waals surface area contributed by atoms with E-state index >= 15 is 0 Å². The molecule has 2 rings (SSSR count). The lowest BCUT2D eigenvalue weighted by atomic mass is 9.94. The molecule has 1 aliphatic rings. The first-order valence-corrected chi connectivity index (χ1v) is 7.44. The van der Waals surface area contributed by atoms with Gasteiger partial charge in [-0.05, 0) is 58.6 Å². The summed E-state index contributed by atoms with van der Waals surface area (Å²) in [5.41, 5.74) is 1.38. The van der Waals surface area contributed by atoms with Crippen molar-refractivity contribution in [3.8, 4) is 0 Å². The molecule has 0 saturated carbocycles. The van der Waals surface area contributed by atoms with Gasteiger partial charge in [0, 0.05) is 25.7 Å². The van der Waals surface area contributed by atoms with Gasteiger partial charge in [-0.1, -0.05) is 0 Å². The summed E-state index contributed by atoms with van der Waals surface area (Å²) in [5, 5.41) is 11.4. The number of nitrogens with zero attached hydrogens (tertiary/aromatic N) is 1. The fourth-order valence-corrected chi connectivity index (χ4v) is 3.50. The molecule has 1 aromatic rings. The van der Waals surface area contributed by atoms with Gasteiger partial charge in [0.2, 0.25) is 0 Å². The third-order valence-electron chi connectivity index (χ3n) is 3.37. The highest BCUT2D eigenvalue weighted by atomic mass is 79.9. The molecule has 4 heteroatoms. The maximum atomic E-state index is 9.23. The van der Waals surface area contributed by atoms with Gasteiger partial charge < -0.3 is 5.11 Å². The van der Waals surface area contributed by atoms with Crippen molar-refractivity contribution in [2.45, 2.75) is 32.4 Å². The molecule has 1 saturated heterocycles. The average molecular weight is 304 g/mol. The Kier molecular flexibility index (Phi) is 4.41. The number of piperidine rings is 1. The van der Waals surface area contributed by atoms with E-state index in [0.717, 1.165) is 13.1 Å². The van der Waals surface area contributed by atoms with Crippen molar-refractivity contribution < 1.29 is 5.11 Å². The minimum absolute atomic E-state index is 0.330. The summed E-state index contributed by atoms with van der Waals surface area (Å²) in [6.45, 7) is 4.66. The van der Waals surface area contributed by atoms with Crippen molar-refractivity contribution in [3.05, 3.63) is 20.8 Å². The minimum atomic E-state index is 0.330. The van der Waals surface area contributed by atoms with Crippen LogP contribution in [0.25, 0.3) is 0 Å². The molecule has 90 valence electrons. The molecule has 0 radical (unpaired) electrons. The first-order valence-electron chi connectivity index (χ1n) is 5.77. The average Bonchev–Trinajstić information content (AvgIpc) is 2.67. The standard InChI is InChI=1S/C12H18BrNOS/c1-9-2-3-10(7-15)5-14(9)6-11-4-12(13)16-8-11/h4,8-10,15H,2-3,5-7H2,1H3. The summed E-state index contributed by atoms with van der Waals surface area (Å²) >= 11 is 5.24. The van der Waals surface area contributed by atoms with Gasteiger partial charge in [0.15, 0.2) is 0 Å². The molecule has 16 heavy (non-hydrogen) atoms. The van der Waals surface area contributed by atoms with Crippen LogP contribution in [0.15, 0.2) is 15.2 Å². The lowest BCUT2D eigenvalue weighted by Gasteiger charge is -2.37. The molecule has 0 amide bonds. The van der Waals surface area contributed by atoms with Gasteiger partial charge in [-0.25, -0.2) is 0 Å². The van der Waals surface area contributed by atoms with Crippen LogP contribution in [0.4, 0.5) is 0 Å². The predicted molar refractivity (Wildman–Crippen MR) is 71.7 cm³/mol. The lowest BCUT2D eigenvalue weighted by Crippen LogP contribution is -2.42. The molecule has 1 N–H and O–H groups in total. The number of halogens is 1. The largest absolute Gasteiger partial charge is 0.396 e. The second-order valence-corrected chi connectivity index (χ2v) is 6.95. The van der Waals surface area contributed by atoms with Crippen LogP contribution in [-0.2, 0) is 6.54 Å². The molecule has 0 spiro atoms. The van der Waals surface area contributed by atoms with Crippen LogP contribution < -0.4 is 0 Å². The highest BCUT2D eigenvalue weighted by Gasteiger charge is 2.24. The molecule has 2 unspecified atom stereocenters. The molecule has 0 bridgehead atoms. The second kappa shape index (κ2) is 5.63. The highest BCUT2D eigenvalue weighted by Crippen LogP contribution is 2.26. The van der Waals surface area contributed by atoms with Crippen LogP contribution in [0.2, 0.25) is 0 Å². The Bertz CT molecular complexity index is 342. The maximum absolute atomic E-state index is 9.23. The van der Waals surface area contributed by atoms with Gasteiger partial charge in [-0.3, -0.25) is 4.90 Å². The third kappa shape index (κ3) is 3.06. The number of hydrogen-bond acceptors (Lipinski definition) is 3. The molecule has 1 aromatic heterocycles. The molecule has 1 aliphatic heterocycles. The zero-order chi connectivity index (χ0) is 11.5. The SMILES string of the molecule is CC1CCC(CO)CN1Cc1csc(Br)c1. The Balaban J connectivity index is 1.96. The lowest BCUT2D eigenvalue weighted by molar-refractivity contribution is 0.0772. The van der Waals surface area contributed by atoms with Crippen molar-refractivity contribution in [2.24, 2.45) is 5.92 Å². The van der Waals surface area contributed by atoms with Gasteiger partial charge in [0.25, 0.3) is 0 Å². The quantitative estimate of drug-likeness (QED) is 0.927. The number of aliphatic hydroxyl groups excluding tert-OH is 1. The van der Waals surface area contributed by atoms with Gasteiger partial charge in [0.1, 0.15) is 0 Å². The number of aliphatic hydroxyl groups is 1. The predicted octanol–water partition coefficient (Wildman–Crippen LogP) is 3.10. The number of thiophene rings is 1. The number of likely N-dealkylation sites (tertiary alicyclic amines) is 1. The highest BCUT2D eigenvalue weighted by molar-refractivity contribution is 9.11. The molecular formula is C12H18BrNOS. The van der Waals surface area contributed by atoms with E-state index in [1.807, 2.05) is 0 Å². The Hall–Kier alpha value is 0.100. The smallest absolute Gasteiger partial charge is 0.0701 e. The summed E-state index contributed by atoms with van der Waals surface area (Å²) in [5.74, 6) is 0.471. The van der Waals surface area contributed by atoms with Crippen LogP contribution >= 0.6 is 27.3 Å². The molecule has 2 nitrogen and oxygen atoms in total. The van der Waals surface area contributed by atoms with Gasteiger partial charge >= 0.3 is 0 Å². The maximum Gasteiger partial charge on any atom is 0.0701 e. The van der Waals surface area contributed by atoms with E-state index in [0.29, 0.717) is 18.6 Å². The minimum Gasteiger partial charge on any atom is -0.396 e. The van der Waals surface area contributed by atoms with Crippen LogP contribution in [0.3, 0.4) is 0 Å². The fraction of sp³-hybridized carbons (Fsp3) is 0.667. The first-order chi connectivity index (χ1) is 7.69. The van der Waals surface area contributed by atoms with Crippen LogP contribution in [0, 0.1) is 5.92 Å². The molecule has 0 aliphatic carbocycles. The summed E-state index contributed by atoms with van der Waals surface area (Å²) in [6, 6.07) is 2.83. The normalized spacial score (nSPS) is 27.2. The van der Waals surface area contributed by atoms with E-state index in [9.17, 15) is 5.11 Å². The number of hydrogen-bond donors (Lipinski definition) is 1. The summed E-state index contributed by atoms with van der Waals surface area (Å²) in [7, 11) is 0. The van der Waals surface area contributed by atoms with Gasteiger partial charge in [-0.2, -0.15) is 0 Å². The van der Waals surface area contributed by atoms with E-state index in [1.54, 1.807) is 11.3 Å². The molecule has 2 heterocycles. The van der Waals surface area contributed by atoms with E-state index < -0.39 is 0 Å². The summed E-state index contributed by atoms with van der Waals surface area (Å²) in [4.78, 5) is 2.48. The second-order valence-electron chi connectivity index (χ2n) is 4.66. The van der Waals surface area contributed by atoms with Gasteiger partial charge in [0.05, 0.1) is 3.79 Å².